The van der Waals surface area contributed by atoms with Crippen LogP contribution < -0.4 is 5.32 Å². The van der Waals surface area contributed by atoms with Gasteiger partial charge >= 0.3 is 5.97 Å². The van der Waals surface area contributed by atoms with Gasteiger partial charge in [0.2, 0.25) is 0 Å². The number of carboxylic acid groups (broad SMARTS) is 1. The van der Waals surface area contributed by atoms with Crippen LogP contribution in [0.1, 0.15) is 26.3 Å². The minimum atomic E-state index is -1.39. The third-order valence-electron chi connectivity index (χ3n) is 4.88. The molecule has 3 N–H and O–H groups in total. The van der Waals surface area contributed by atoms with Gasteiger partial charge in [-0.1, -0.05) is 30.3 Å². The Bertz CT molecular complexity index is 1360. The maximum Gasteiger partial charge on any atom is 0.339 e. The lowest BCUT2D eigenvalue weighted by atomic mass is 10.0. The average molecular weight is 439 g/mol. The number of carboxylic acids is 1. The van der Waals surface area contributed by atoms with Crippen molar-refractivity contribution in [2.45, 2.75) is 6.92 Å². The number of halogens is 2. The van der Waals surface area contributed by atoms with Crippen LogP contribution in [0.25, 0.3) is 21.2 Å². The van der Waals surface area contributed by atoms with Crippen LogP contribution in [0.5, 0.6) is 5.75 Å². The number of phenolic OH excluding ortho intramolecular Hbond substituents is 1. The van der Waals surface area contributed by atoms with Crippen molar-refractivity contribution in [3.05, 3.63) is 82.2 Å². The predicted molar refractivity (Wildman–Crippen MR) is 115 cm³/mol. The first-order chi connectivity index (χ1) is 14.8. The van der Waals surface area contributed by atoms with Crippen molar-refractivity contribution in [2.24, 2.45) is 0 Å². The summed E-state index contributed by atoms with van der Waals surface area (Å²) < 4.78 is 28.5. The third kappa shape index (κ3) is 3.62. The standard InChI is InChI=1S/C23H15F2NO4S/c1-11-5-8-15(20(25)19(11)24)21-18(23(29)30)17(10-31-21)26-22(28)14-4-2-3-12-6-7-13(27)9-16(12)14/h2-10,27H,1H3,(H,26,28)(H,29,30). The van der Waals surface area contributed by atoms with E-state index in [2.05, 4.69) is 5.32 Å². The van der Waals surface area contributed by atoms with E-state index in [9.17, 15) is 28.6 Å². The van der Waals surface area contributed by atoms with Gasteiger partial charge in [-0.05, 0) is 41.5 Å². The molecule has 0 aliphatic carbocycles. The molecule has 0 atom stereocenters. The molecule has 4 aromatic rings. The molecule has 0 aliphatic rings. The van der Waals surface area contributed by atoms with Gasteiger partial charge in [0.1, 0.15) is 11.3 Å². The molecule has 0 aliphatic heterocycles. The Morgan fingerprint density at radius 1 is 1.03 bits per heavy atom. The Hall–Kier alpha value is -3.78. The molecule has 31 heavy (non-hydrogen) atoms. The van der Waals surface area contributed by atoms with E-state index in [-0.39, 0.29) is 38.6 Å². The van der Waals surface area contributed by atoms with Gasteiger partial charge in [0.25, 0.3) is 5.91 Å². The van der Waals surface area contributed by atoms with Gasteiger partial charge in [-0.25, -0.2) is 13.6 Å². The lowest BCUT2D eigenvalue weighted by Gasteiger charge is -2.10. The fourth-order valence-corrected chi connectivity index (χ4v) is 4.34. The molecule has 4 rings (SSSR count). The molecule has 1 aromatic heterocycles. The van der Waals surface area contributed by atoms with Gasteiger partial charge in [-0.2, -0.15) is 0 Å². The summed E-state index contributed by atoms with van der Waals surface area (Å²) in [7, 11) is 0. The Balaban J connectivity index is 1.77. The molecule has 5 nitrogen and oxygen atoms in total. The number of carbonyl (C=O) groups excluding carboxylic acids is 1. The molecule has 1 amide bonds. The number of amides is 1. The van der Waals surface area contributed by atoms with Crippen molar-refractivity contribution in [1.29, 1.82) is 0 Å². The molecule has 0 radical (unpaired) electrons. The molecule has 8 heteroatoms. The molecule has 0 saturated carbocycles. The predicted octanol–water partition coefficient (Wildman–Crippen LogP) is 5.81. The number of phenols is 1. The number of nitrogens with one attached hydrogen (secondary N) is 1. The average Bonchev–Trinajstić information content (AvgIpc) is 3.15. The van der Waals surface area contributed by atoms with Gasteiger partial charge in [-0.15, -0.1) is 11.3 Å². The molecule has 0 fully saturated rings. The first-order valence-electron chi connectivity index (χ1n) is 9.10. The molecule has 3 aromatic carbocycles. The second-order valence-corrected chi connectivity index (χ2v) is 7.76. The van der Waals surface area contributed by atoms with Crippen LogP contribution in [0, 0.1) is 18.6 Å². The molecule has 1 heterocycles. The lowest BCUT2D eigenvalue weighted by molar-refractivity contribution is 0.0699. The van der Waals surface area contributed by atoms with Crippen molar-refractivity contribution in [2.75, 3.05) is 5.32 Å². The highest BCUT2D eigenvalue weighted by Crippen LogP contribution is 2.38. The Morgan fingerprint density at radius 2 is 1.81 bits per heavy atom. The Kier molecular flexibility index (Phi) is 5.16. The molecule has 0 spiro atoms. The van der Waals surface area contributed by atoms with Crippen molar-refractivity contribution >= 4 is 39.7 Å². The number of aryl methyl sites for hydroxylation is 1. The summed E-state index contributed by atoms with van der Waals surface area (Å²) in [6.45, 7) is 1.41. The topological polar surface area (TPSA) is 86.6 Å². The molecule has 0 bridgehead atoms. The van der Waals surface area contributed by atoms with E-state index in [0.29, 0.717) is 10.8 Å². The number of benzene rings is 3. The van der Waals surface area contributed by atoms with E-state index in [0.717, 1.165) is 11.3 Å². The molecular formula is C23H15F2NO4S. The van der Waals surface area contributed by atoms with E-state index in [4.69, 9.17) is 0 Å². The van der Waals surface area contributed by atoms with Crippen molar-refractivity contribution in [3.8, 4) is 16.2 Å². The van der Waals surface area contributed by atoms with E-state index in [1.807, 2.05) is 0 Å². The van der Waals surface area contributed by atoms with Crippen LogP contribution in [0.3, 0.4) is 0 Å². The Labute approximate surface area is 179 Å². The number of hydrogen-bond donors (Lipinski definition) is 3. The van der Waals surface area contributed by atoms with Gasteiger partial charge in [0.15, 0.2) is 11.6 Å². The number of hydrogen-bond acceptors (Lipinski definition) is 4. The van der Waals surface area contributed by atoms with Crippen LogP contribution in [0.15, 0.2) is 53.9 Å². The number of thiophene rings is 1. The zero-order valence-corrected chi connectivity index (χ0v) is 16.9. The summed E-state index contributed by atoms with van der Waals surface area (Å²) in [4.78, 5) is 24.8. The lowest BCUT2D eigenvalue weighted by Crippen LogP contribution is -2.14. The summed E-state index contributed by atoms with van der Waals surface area (Å²) in [6.07, 6.45) is 0. The van der Waals surface area contributed by atoms with Crippen LogP contribution in [0.4, 0.5) is 14.5 Å². The fraction of sp³-hybridized carbons (Fsp3) is 0.0435. The third-order valence-corrected chi connectivity index (χ3v) is 5.90. The monoisotopic (exact) mass is 439 g/mol. The number of anilines is 1. The zero-order valence-electron chi connectivity index (χ0n) is 16.1. The maximum absolute atomic E-state index is 14.5. The maximum atomic E-state index is 14.5. The van der Waals surface area contributed by atoms with Crippen LogP contribution in [-0.2, 0) is 0 Å². The second kappa shape index (κ2) is 7.81. The van der Waals surface area contributed by atoms with Crippen molar-refractivity contribution in [1.82, 2.24) is 0 Å². The van der Waals surface area contributed by atoms with Crippen LogP contribution in [0.2, 0.25) is 0 Å². The summed E-state index contributed by atoms with van der Waals surface area (Å²) >= 11 is 0.887. The minimum Gasteiger partial charge on any atom is -0.508 e. The normalized spacial score (nSPS) is 10.9. The van der Waals surface area contributed by atoms with Gasteiger partial charge < -0.3 is 15.5 Å². The number of carbonyl (C=O) groups is 2. The quantitative estimate of drug-likeness (QED) is 0.374. The second-order valence-electron chi connectivity index (χ2n) is 6.88. The molecular weight excluding hydrogens is 424 g/mol. The van der Waals surface area contributed by atoms with Gasteiger partial charge in [-0.3, -0.25) is 4.79 Å². The van der Waals surface area contributed by atoms with E-state index >= 15 is 0 Å². The van der Waals surface area contributed by atoms with Crippen LogP contribution in [-0.4, -0.2) is 22.1 Å². The highest BCUT2D eigenvalue weighted by atomic mass is 32.1. The van der Waals surface area contributed by atoms with Crippen molar-refractivity contribution in [3.63, 3.8) is 0 Å². The number of aromatic hydroxyl groups is 1. The summed E-state index contributed by atoms with van der Waals surface area (Å²) in [5.74, 6) is -4.20. The van der Waals surface area contributed by atoms with E-state index in [1.54, 1.807) is 24.3 Å². The zero-order chi connectivity index (χ0) is 22.3. The highest BCUT2D eigenvalue weighted by molar-refractivity contribution is 7.14. The molecule has 0 unspecified atom stereocenters. The summed E-state index contributed by atoms with van der Waals surface area (Å²) in [5.41, 5.74) is -0.229. The van der Waals surface area contributed by atoms with Crippen LogP contribution >= 0.6 is 11.3 Å². The first kappa shape index (κ1) is 20.5. The van der Waals surface area contributed by atoms with E-state index < -0.39 is 23.5 Å². The number of rotatable bonds is 4. The largest absolute Gasteiger partial charge is 0.508 e. The number of aromatic carboxylic acids is 1. The van der Waals surface area contributed by atoms with Crippen molar-refractivity contribution < 1.29 is 28.6 Å². The SMILES string of the molecule is Cc1ccc(-c2scc(NC(=O)c3cccc4ccc(O)cc34)c2C(=O)O)c(F)c1F. The Morgan fingerprint density at radius 3 is 2.55 bits per heavy atom. The fourth-order valence-electron chi connectivity index (χ4n) is 3.33. The first-order valence-corrected chi connectivity index (χ1v) is 9.98. The number of fused-ring (bicyclic) bond motifs is 1. The van der Waals surface area contributed by atoms with Gasteiger partial charge in [0.05, 0.1) is 10.6 Å². The van der Waals surface area contributed by atoms with E-state index in [1.165, 1.54) is 36.6 Å². The highest BCUT2D eigenvalue weighted by Gasteiger charge is 2.25. The van der Waals surface area contributed by atoms with Gasteiger partial charge in [0, 0.05) is 16.5 Å². The smallest absolute Gasteiger partial charge is 0.339 e. The molecule has 156 valence electrons. The summed E-state index contributed by atoms with van der Waals surface area (Å²) in [6, 6.07) is 12.2. The minimum absolute atomic E-state index is 0.00485. The summed E-state index contributed by atoms with van der Waals surface area (Å²) in [5, 5.41) is 24.6. The molecule has 0 saturated heterocycles.